The maximum atomic E-state index is 12.0. The summed E-state index contributed by atoms with van der Waals surface area (Å²) >= 11 is 0. The van der Waals surface area contributed by atoms with Gasteiger partial charge in [0.15, 0.2) is 0 Å². The number of piperidine rings is 1. The van der Waals surface area contributed by atoms with Gasteiger partial charge in [-0.1, -0.05) is 19.3 Å². The number of nitrogens with one attached hydrogen (secondary N) is 2. The lowest BCUT2D eigenvalue weighted by molar-refractivity contribution is 0.334. The van der Waals surface area contributed by atoms with Crippen LogP contribution in [-0.4, -0.2) is 32.3 Å². The first-order valence-corrected chi connectivity index (χ1v) is 8.37. The number of sulfonamides is 1. The van der Waals surface area contributed by atoms with Crippen molar-refractivity contribution < 1.29 is 8.42 Å². The molecule has 4 nitrogen and oxygen atoms in total. The Hall–Kier alpha value is -0.130. The summed E-state index contributed by atoms with van der Waals surface area (Å²) in [7, 11) is -3.07. The van der Waals surface area contributed by atoms with Crippen molar-refractivity contribution in [2.24, 2.45) is 0 Å². The van der Waals surface area contributed by atoms with Gasteiger partial charge < -0.3 is 5.32 Å². The van der Waals surface area contributed by atoms with Gasteiger partial charge in [-0.15, -0.1) is 0 Å². The predicted molar refractivity (Wildman–Crippen MR) is 69.4 cm³/mol. The van der Waals surface area contributed by atoms with E-state index in [1.807, 2.05) is 0 Å². The molecular formula is C12H24N2O2S. The van der Waals surface area contributed by atoms with E-state index in [1.165, 1.54) is 12.8 Å². The van der Waals surface area contributed by atoms with E-state index >= 15 is 0 Å². The average molecular weight is 260 g/mol. The lowest BCUT2D eigenvalue weighted by Crippen LogP contribution is -2.48. The predicted octanol–water partition coefficient (Wildman–Crippen LogP) is 1.38. The molecule has 100 valence electrons. The second-order valence-corrected chi connectivity index (χ2v) is 7.54. The number of hydrogen-bond acceptors (Lipinski definition) is 3. The summed E-state index contributed by atoms with van der Waals surface area (Å²) in [5.74, 6) is 0. The van der Waals surface area contributed by atoms with Gasteiger partial charge in [0.1, 0.15) is 0 Å². The van der Waals surface area contributed by atoms with Crippen molar-refractivity contribution in [2.75, 3.05) is 6.54 Å². The van der Waals surface area contributed by atoms with Gasteiger partial charge >= 0.3 is 0 Å². The molecule has 0 aromatic carbocycles. The van der Waals surface area contributed by atoms with E-state index in [4.69, 9.17) is 0 Å². The minimum Gasteiger partial charge on any atom is -0.310 e. The molecule has 2 fully saturated rings. The van der Waals surface area contributed by atoms with Crippen molar-refractivity contribution in [3.8, 4) is 0 Å². The third kappa shape index (κ3) is 3.66. The van der Waals surface area contributed by atoms with Crippen LogP contribution in [0.1, 0.15) is 51.9 Å². The van der Waals surface area contributed by atoms with Crippen molar-refractivity contribution in [1.82, 2.24) is 10.0 Å². The maximum Gasteiger partial charge on any atom is 0.214 e. The highest BCUT2D eigenvalue weighted by Gasteiger charge is 2.29. The van der Waals surface area contributed by atoms with Crippen molar-refractivity contribution >= 4 is 10.0 Å². The summed E-state index contributed by atoms with van der Waals surface area (Å²) in [5.41, 5.74) is 0. The van der Waals surface area contributed by atoms with Crippen LogP contribution in [0.15, 0.2) is 0 Å². The highest BCUT2D eigenvalue weighted by atomic mass is 32.2. The molecule has 0 bridgehead atoms. The third-order valence-electron chi connectivity index (χ3n) is 3.98. The molecule has 0 aromatic rings. The van der Waals surface area contributed by atoms with Crippen LogP contribution in [0.4, 0.5) is 0 Å². The first-order valence-electron chi connectivity index (χ1n) is 6.82. The Bertz CT molecular complexity index is 336. The average Bonchev–Trinajstić information content (AvgIpc) is 2.81. The fraction of sp³-hybridized carbons (Fsp3) is 1.00. The Balaban J connectivity index is 1.80. The molecule has 2 aliphatic rings. The van der Waals surface area contributed by atoms with Crippen LogP contribution < -0.4 is 10.0 Å². The second-order valence-electron chi connectivity index (χ2n) is 5.50. The summed E-state index contributed by atoms with van der Waals surface area (Å²) in [4.78, 5) is 0. The minimum absolute atomic E-state index is 0.136. The summed E-state index contributed by atoms with van der Waals surface area (Å²) in [5, 5.41) is 3.32. The van der Waals surface area contributed by atoms with Gasteiger partial charge in [-0.3, -0.25) is 0 Å². The van der Waals surface area contributed by atoms with Gasteiger partial charge in [0.25, 0.3) is 0 Å². The van der Waals surface area contributed by atoms with Crippen LogP contribution in [0, 0.1) is 0 Å². The Kier molecular flexibility index (Phi) is 4.44. The Morgan fingerprint density at radius 3 is 2.47 bits per heavy atom. The summed E-state index contributed by atoms with van der Waals surface area (Å²) in [6.07, 6.45) is 7.27. The lowest BCUT2D eigenvalue weighted by Gasteiger charge is -2.29. The second kappa shape index (κ2) is 5.67. The maximum absolute atomic E-state index is 12.0. The fourth-order valence-corrected chi connectivity index (χ4v) is 4.56. The van der Waals surface area contributed by atoms with Crippen LogP contribution in [0.2, 0.25) is 0 Å². The molecule has 1 aliphatic carbocycles. The van der Waals surface area contributed by atoms with Crippen molar-refractivity contribution in [3.05, 3.63) is 0 Å². The molecule has 1 aliphatic heterocycles. The molecule has 0 spiro atoms. The van der Waals surface area contributed by atoms with Crippen molar-refractivity contribution in [3.63, 3.8) is 0 Å². The zero-order chi connectivity index (χ0) is 12.3. The molecule has 0 amide bonds. The Morgan fingerprint density at radius 1 is 1.12 bits per heavy atom. The van der Waals surface area contributed by atoms with Gasteiger partial charge in [-0.2, -0.15) is 0 Å². The SMILES string of the molecule is CC1CCCC(CNS(=O)(=O)C2CCCC2)N1. The van der Waals surface area contributed by atoms with E-state index in [-0.39, 0.29) is 5.25 Å². The summed E-state index contributed by atoms with van der Waals surface area (Å²) in [6, 6.07) is 0.833. The minimum atomic E-state index is -3.07. The first-order chi connectivity index (χ1) is 8.08. The fourth-order valence-electron chi connectivity index (χ4n) is 2.93. The van der Waals surface area contributed by atoms with Crippen molar-refractivity contribution in [2.45, 2.75) is 69.2 Å². The highest BCUT2D eigenvalue weighted by molar-refractivity contribution is 7.90. The largest absolute Gasteiger partial charge is 0.310 e. The molecule has 1 saturated carbocycles. The Morgan fingerprint density at radius 2 is 1.82 bits per heavy atom. The molecule has 0 aromatic heterocycles. The van der Waals surface area contributed by atoms with Gasteiger partial charge in [0.2, 0.25) is 10.0 Å². The highest BCUT2D eigenvalue weighted by Crippen LogP contribution is 2.24. The normalized spacial score (nSPS) is 31.8. The smallest absolute Gasteiger partial charge is 0.214 e. The van der Waals surface area contributed by atoms with E-state index in [0.717, 1.165) is 32.1 Å². The summed E-state index contributed by atoms with van der Waals surface area (Å²) in [6.45, 7) is 2.72. The molecule has 0 radical (unpaired) electrons. The molecule has 1 heterocycles. The molecule has 5 heteroatoms. The molecular weight excluding hydrogens is 236 g/mol. The molecule has 1 saturated heterocycles. The Labute approximate surface area is 105 Å². The van der Waals surface area contributed by atoms with Crippen LogP contribution in [-0.2, 0) is 10.0 Å². The van der Waals surface area contributed by atoms with Crippen LogP contribution in [0.3, 0.4) is 0 Å². The van der Waals surface area contributed by atoms with Crippen LogP contribution in [0.25, 0.3) is 0 Å². The van der Waals surface area contributed by atoms with E-state index in [2.05, 4.69) is 17.0 Å². The van der Waals surface area contributed by atoms with Crippen LogP contribution >= 0.6 is 0 Å². The monoisotopic (exact) mass is 260 g/mol. The molecule has 2 N–H and O–H groups in total. The molecule has 2 atom stereocenters. The van der Waals surface area contributed by atoms with Gasteiger partial charge in [0.05, 0.1) is 5.25 Å². The number of hydrogen-bond donors (Lipinski definition) is 2. The van der Waals surface area contributed by atoms with Crippen molar-refractivity contribution in [1.29, 1.82) is 0 Å². The van der Waals surface area contributed by atoms with E-state index < -0.39 is 10.0 Å². The first kappa shape index (κ1) is 13.3. The third-order valence-corrected chi connectivity index (χ3v) is 5.90. The molecule has 17 heavy (non-hydrogen) atoms. The number of rotatable bonds is 4. The topological polar surface area (TPSA) is 58.2 Å². The van der Waals surface area contributed by atoms with E-state index in [9.17, 15) is 8.42 Å². The van der Waals surface area contributed by atoms with Gasteiger partial charge in [-0.05, 0) is 32.6 Å². The van der Waals surface area contributed by atoms with Gasteiger partial charge in [-0.25, -0.2) is 13.1 Å². The zero-order valence-corrected chi connectivity index (χ0v) is 11.4. The quantitative estimate of drug-likeness (QED) is 0.803. The molecule has 2 unspecified atom stereocenters. The standard InChI is InChI=1S/C12H24N2O2S/c1-10-5-4-6-11(14-10)9-13-17(15,16)12-7-2-3-8-12/h10-14H,2-9H2,1H3. The molecule has 2 rings (SSSR count). The zero-order valence-electron chi connectivity index (χ0n) is 10.6. The van der Waals surface area contributed by atoms with Crippen LogP contribution in [0.5, 0.6) is 0 Å². The summed E-state index contributed by atoms with van der Waals surface area (Å²) < 4.78 is 26.8. The van der Waals surface area contributed by atoms with E-state index in [0.29, 0.717) is 18.6 Å². The lowest BCUT2D eigenvalue weighted by atomic mass is 10.00. The van der Waals surface area contributed by atoms with E-state index in [1.54, 1.807) is 0 Å². The van der Waals surface area contributed by atoms with Gasteiger partial charge in [0, 0.05) is 18.6 Å².